The van der Waals surface area contributed by atoms with Crippen molar-refractivity contribution < 1.29 is 9.53 Å². The monoisotopic (exact) mass is 396 g/mol. The second-order valence-corrected chi connectivity index (χ2v) is 8.95. The molecule has 0 N–H and O–H groups in total. The predicted octanol–water partition coefficient (Wildman–Crippen LogP) is 4.53. The maximum absolute atomic E-state index is 12.9. The molecule has 0 amide bonds. The summed E-state index contributed by atoms with van der Waals surface area (Å²) in [5.41, 5.74) is -0.117. The number of ether oxygens (including phenoxy) is 1. The number of benzene rings is 1. The molecule has 7 heteroatoms. The smallest absolute Gasteiger partial charge is 0.316 e. The Kier molecular flexibility index (Phi) is 6.74. The number of nitrogens with zero attached hydrogens (tertiary/aromatic N) is 2. The number of aromatic nitrogens is 2. The van der Waals surface area contributed by atoms with Crippen LogP contribution in [-0.2, 0) is 16.1 Å². The molecule has 0 atom stereocenters. The Bertz CT molecular complexity index is 856. The van der Waals surface area contributed by atoms with E-state index in [1.807, 2.05) is 20.8 Å². The van der Waals surface area contributed by atoms with E-state index in [4.69, 9.17) is 16.3 Å². The lowest BCUT2D eigenvalue weighted by Crippen LogP contribution is -2.26. The Balaban J connectivity index is 2.36. The van der Waals surface area contributed by atoms with Gasteiger partial charge in [-0.15, -0.1) is 0 Å². The molecule has 2 rings (SSSR count). The molecule has 0 aliphatic rings. The number of thioether (sulfide) groups is 1. The molecular formula is C19H25ClN2O3S. The van der Waals surface area contributed by atoms with E-state index >= 15 is 0 Å². The molecule has 1 aromatic carbocycles. The molecule has 2 aromatic rings. The van der Waals surface area contributed by atoms with Gasteiger partial charge in [0.1, 0.15) is 5.60 Å². The minimum absolute atomic E-state index is 0.0947. The number of carbonyl (C=O) groups excluding carboxylic acids is 1. The Labute approximate surface area is 163 Å². The predicted molar refractivity (Wildman–Crippen MR) is 107 cm³/mol. The highest BCUT2D eigenvalue weighted by Gasteiger charge is 2.18. The molecule has 0 spiro atoms. The van der Waals surface area contributed by atoms with Crippen molar-refractivity contribution in [2.24, 2.45) is 5.92 Å². The summed E-state index contributed by atoms with van der Waals surface area (Å²) in [6, 6.07) is 5.05. The topological polar surface area (TPSA) is 61.2 Å². The van der Waals surface area contributed by atoms with Crippen molar-refractivity contribution >= 4 is 40.2 Å². The van der Waals surface area contributed by atoms with Gasteiger partial charge in [-0.25, -0.2) is 4.98 Å². The number of esters is 1. The highest BCUT2D eigenvalue weighted by Crippen LogP contribution is 2.22. The van der Waals surface area contributed by atoms with Crippen molar-refractivity contribution in [3.63, 3.8) is 0 Å². The minimum Gasteiger partial charge on any atom is -0.459 e. The number of carbonyl (C=O) groups is 1. The first-order chi connectivity index (χ1) is 12.1. The molecule has 0 unspecified atom stereocenters. The van der Waals surface area contributed by atoms with Crippen LogP contribution in [0.3, 0.4) is 0 Å². The maximum Gasteiger partial charge on any atom is 0.316 e. The third-order valence-electron chi connectivity index (χ3n) is 3.55. The average molecular weight is 397 g/mol. The van der Waals surface area contributed by atoms with E-state index in [-0.39, 0.29) is 17.3 Å². The fourth-order valence-electron chi connectivity index (χ4n) is 2.36. The van der Waals surface area contributed by atoms with Gasteiger partial charge in [0.25, 0.3) is 5.56 Å². The summed E-state index contributed by atoms with van der Waals surface area (Å²) in [5.74, 6) is 0.210. The first-order valence-corrected chi connectivity index (χ1v) is 9.98. The summed E-state index contributed by atoms with van der Waals surface area (Å²) in [5, 5.41) is 1.56. The molecule has 0 aliphatic carbocycles. The van der Waals surface area contributed by atoms with Gasteiger partial charge in [-0.3, -0.25) is 14.2 Å². The molecule has 0 saturated heterocycles. The van der Waals surface area contributed by atoms with Gasteiger partial charge in [0.05, 0.1) is 16.7 Å². The van der Waals surface area contributed by atoms with Crippen LogP contribution in [0, 0.1) is 5.92 Å². The first kappa shape index (κ1) is 20.8. The fraction of sp³-hybridized carbons (Fsp3) is 0.526. The molecule has 0 aliphatic heterocycles. The van der Waals surface area contributed by atoms with Gasteiger partial charge < -0.3 is 4.74 Å². The van der Waals surface area contributed by atoms with E-state index in [9.17, 15) is 9.59 Å². The molecule has 142 valence electrons. The molecule has 0 radical (unpaired) electrons. The van der Waals surface area contributed by atoms with Crippen molar-refractivity contribution in [1.82, 2.24) is 9.55 Å². The van der Waals surface area contributed by atoms with Gasteiger partial charge in [-0.2, -0.15) is 0 Å². The standard InChI is InChI=1S/C19H25ClN2O3S/c1-12(2)8-9-22-17(24)14-7-6-13(20)10-15(14)21-18(22)26-11-16(23)25-19(3,4)5/h6-7,10,12H,8-9,11H2,1-5H3. The third kappa shape index (κ3) is 5.74. The average Bonchev–Trinajstić information content (AvgIpc) is 2.50. The van der Waals surface area contributed by atoms with Gasteiger partial charge in [0, 0.05) is 11.6 Å². The van der Waals surface area contributed by atoms with Crippen molar-refractivity contribution in [3.8, 4) is 0 Å². The zero-order valence-electron chi connectivity index (χ0n) is 15.8. The van der Waals surface area contributed by atoms with E-state index in [1.54, 1.807) is 22.8 Å². The van der Waals surface area contributed by atoms with Crippen LogP contribution < -0.4 is 5.56 Å². The Morgan fingerprint density at radius 3 is 2.65 bits per heavy atom. The molecule has 26 heavy (non-hydrogen) atoms. The quantitative estimate of drug-likeness (QED) is 0.408. The number of hydrogen-bond donors (Lipinski definition) is 0. The summed E-state index contributed by atoms with van der Waals surface area (Å²) in [6.07, 6.45) is 0.848. The SMILES string of the molecule is CC(C)CCn1c(SCC(=O)OC(C)(C)C)nc2cc(Cl)ccc2c1=O. The van der Waals surface area contributed by atoms with Crippen molar-refractivity contribution in [2.75, 3.05) is 5.75 Å². The zero-order chi connectivity index (χ0) is 19.5. The van der Waals surface area contributed by atoms with Crippen LogP contribution in [0.2, 0.25) is 5.02 Å². The van der Waals surface area contributed by atoms with Gasteiger partial charge in [-0.1, -0.05) is 37.2 Å². The molecule has 1 heterocycles. The van der Waals surface area contributed by atoms with Crippen LogP contribution in [-0.4, -0.2) is 26.9 Å². The second-order valence-electron chi connectivity index (χ2n) is 7.57. The second kappa shape index (κ2) is 8.44. The van der Waals surface area contributed by atoms with Crippen LogP contribution in [0.25, 0.3) is 10.9 Å². The van der Waals surface area contributed by atoms with Gasteiger partial charge in [0.2, 0.25) is 0 Å². The number of fused-ring (bicyclic) bond motifs is 1. The van der Waals surface area contributed by atoms with E-state index in [0.29, 0.717) is 33.5 Å². The van der Waals surface area contributed by atoms with Crippen LogP contribution in [0.1, 0.15) is 41.0 Å². The summed E-state index contributed by atoms with van der Waals surface area (Å²) in [7, 11) is 0. The minimum atomic E-state index is -0.542. The number of halogens is 1. The van der Waals surface area contributed by atoms with Crippen molar-refractivity contribution in [3.05, 3.63) is 33.6 Å². The normalized spacial score (nSPS) is 12.0. The maximum atomic E-state index is 12.9. The molecule has 0 saturated carbocycles. The van der Waals surface area contributed by atoms with Gasteiger partial charge in [-0.05, 0) is 51.3 Å². The fourth-order valence-corrected chi connectivity index (χ4v) is 3.33. The van der Waals surface area contributed by atoms with E-state index < -0.39 is 5.60 Å². The third-order valence-corrected chi connectivity index (χ3v) is 4.74. The lowest BCUT2D eigenvalue weighted by Gasteiger charge is -2.19. The van der Waals surface area contributed by atoms with E-state index in [2.05, 4.69) is 18.8 Å². The Morgan fingerprint density at radius 2 is 2.04 bits per heavy atom. The largest absolute Gasteiger partial charge is 0.459 e. The lowest BCUT2D eigenvalue weighted by molar-refractivity contribution is -0.151. The van der Waals surface area contributed by atoms with Crippen LogP contribution in [0.15, 0.2) is 28.2 Å². The Morgan fingerprint density at radius 1 is 1.35 bits per heavy atom. The molecular weight excluding hydrogens is 372 g/mol. The highest BCUT2D eigenvalue weighted by atomic mass is 35.5. The van der Waals surface area contributed by atoms with Crippen molar-refractivity contribution in [2.45, 2.75) is 58.3 Å². The Hall–Kier alpha value is -1.53. The summed E-state index contributed by atoms with van der Waals surface area (Å²) in [6.45, 7) is 10.2. The summed E-state index contributed by atoms with van der Waals surface area (Å²) < 4.78 is 6.98. The molecule has 0 fully saturated rings. The summed E-state index contributed by atoms with van der Waals surface area (Å²) in [4.78, 5) is 29.5. The number of hydrogen-bond acceptors (Lipinski definition) is 5. The van der Waals surface area contributed by atoms with Crippen LogP contribution >= 0.6 is 23.4 Å². The summed E-state index contributed by atoms with van der Waals surface area (Å²) >= 11 is 7.25. The molecule has 1 aromatic heterocycles. The van der Waals surface area contributed by atoms with Crippen LogP contribution in [0.5, 0.6) is 0 Å². The number of rotatable bonds is 6. The van der Waals surface area contributed by atoms with Crippen LogP contribution in [0.4, 0.5) is 0 Å². The lowest BCUT2D eigenvalue weighted by atomic mass is 10.1. The molecule has 5 nitrogen and oxygen atoms in total. The van der Waals surface area contributed by atoms with E-state index in [1.165, 1.54) is 11.8 Å². The van der Waals surface area contributed by atoms with Gasteiger partial charge >= 0.3 is 5.97 Å². The first-order valence-electron chi connectivity index (χ1n) is 8.61. The molecule has 0 bridgehead atoms. The van der Waals surface area contributed by atoms with E-state index in [0.717, 1.165) is 6.42 Å². The van der Waals surface area contributed by atoms with Gasteiger partial charge in [0.15, 0.2) is 5.16 Å². The van der Waals surface area contributed by atoms with Crippen molar-refractivity contribution in [1.29, 1.82) is 0 Å². The highest BCUT2D eigenvalue weighted by molar-refractivity contribution is 7.99. The zero-order valence-corrected chi connectivity index (χ0v) is 17.4.